The maximum absolute atomic E-state index is 5.91. The van der Waals surface area contributed by atoms with Crippen molar-refractivity contribution < 1.29 is 4.74 Å². The molecule has 1 aromatic heterocycles. The van der Waals surface area contributed by atoms with E-state index in [0.717, 1.165) is 24.5 Å². The van der Waals surface area contributed by atoms with Crippen LogP contribution >= 0.6 is 0 Å². The van der Waals surface area contributed by atoms with Crippen LogP contribution in [0.2, 0.25) is 0 Å². The van der Waals surface area contributed by atoms with Gasteiger partial charge in [0.15, 0.2) is 0 Å². The minimum absolute atomic E-state index is 0.553. The Morgan fingerprint density at radius 2 is 1.94 bits per heavy atom. The lowest BCUT2D eigenvalue weighted by Crippen LogP contribution is -2.32. The molecule has 0 saturated carbocycles. The van der Waals surface area contributed by atoms with Gasteiger partial charge < -0.3 is 15.4 Å². The highest BCUT2D eigenvalue weighted by Crippen LogP contribution is 2.22. The van der Waals surface area contributed by atoms with Gasteiger partial charge in [-0.05, 0) is 19.8 Å². The topological polar surface area (TPSA) is 64.3 Å². The summed E-state index contributed by atoms with van der Waals surface area (Å²) in [5.41, 5.74) is 6.85. The number of ether oxygens (including phenoxy) is 1. The number of nitrogens with zero attached hydrogens (tertiary/aromatic N) is 3. The zero-order chi connectivity index (χ0) is 13.7. The molecule has 0 radical (unpaired) electrons. The van der Waals surface area contributed by atoms with Gasteiger partial charge in [-0.2, -0.15) is 0 Å². The number of hydrogen-bond acceptors (Lipinski definition) is 5. The van der Waals surface area contributed by atoms with E-state index in [4.69, 9.17) is 10.5 Å². The quantitative estimate of drug-likeness (QED) is 0.836. The highest BCUT2D eigenvalue weighted by Gasteiger charge is 2.15. The van der Waals surface area contributed by atoms with Crippen LogP contribution in [0.3, 0.4) is 0 Å². The lowest BCUT2D eigenvalue weighted by atomic mass is 10.2. The largest absolute Gasteiger partial charge is 0.383 e. The second kappa shape index (κ2) is 6.54. The van der Waals surface area contributed by atoms with Crippen LogP contribution in [0.4, 0.5) is 11.6 Å². The maximum Gasteiger partial charge on any atom is 0.137 e. The molecule has 0 atom stereocenters. The molecule has 102 valence electrons. The van der Waals surface area contributed by atoms with Gasteiger partial charge in [-0.3, -0.25) is 0 Å². The minimum Gasteiger partial charge on any atom is -0.383 e. The molecule has 0 amide bonds. The number of nitrogens with two attached hydrogens (primary N) is 1. The molecule has 1 aromatic rings. The summed E-state index contributed by atoms with van der Waals surface area (Å²) in [4.78, 5) is 10.9. The van der Waals surface area contributed by atoms with Crippen LogP contribution in [0.15, 0.2) is 0 Å². The van der Waals surface area contributed by atoms with Gasteiger partial charge in [-0.25, -0.2) is 9.97 Å². The number of rotatable bonds is 6. The molecule has 0 bridgehead atoms. The summed E-state index contributed by atoms with van der Waals surface area (Å²) in [6.07, 6.45) is 0. The van der Waals surface area contributed by atoms with E-state index in [1.807, 2.05) is 13.8 Å². The molecular formula is C13H24N4O. The van der Waals surface area contributed by atoms with E-state index in [9.17, 15) is 0 Å². The van der Waals surface area contributed by atoms with Crippen molar-refractivity contribution in [2.45, 2.75) is 27.7 Å². The molecule has 0 aliphatic carbocycles. The Morgan fingerprint density at radius 1 is 1.28 bits per heavy atom. The summed E-state index contributed by atoms with van der Waals surface area (Å²) in [5, 5.41) is 0. The van der Waals surface area contributed by atoms with E-state index in [2.05, 4.69) is 28.7 Å². The molecular weight excluding hydrogens is 228 g/mol. The SMILES string of the molecule is COCCN(CC(C)C)c1nc(C)nc(N)c1C. The van der Waals surface area contributed by atoms with E-state index >= 15 is 0 Å². The number of anilines is 2. The average Bonchev–Trinajstić information content (AvgIpc) is 2.28. The number of nitrogen functional groups attached to an aromatic ring is 1. The van der Waals surface area contributed by atoms with E-state index in [1.165, 1.54) is 0 Å². The first-order chi connectivity index (χ1) is 8.45. The highest BCUT2D eigenvalue weighted by molar-refractivity contribution is 5.56. The van der Waals surface area contributed by atoms with Crippen LogP contribution in [0.25, 0.3) is 0 Å². The van der Waals surface area contributed by atoms with E-state index in [1.54, 1.807) is 7.11 Å². The molecule has 1 heterocycles. The Hall–Kier alpha value is -1.36. The first kappa shape index (κ1) is 14.7. The average molecular weight is 252 g/mol. The van der Waals surface area contributed by atoms with E-state index < -0.39 is 0 Å². The summed E-state index contributed by atoms with van der Waals surface area (Å²) in [5.74, 6) is 2.74. The third kappa shape index (κ3) is 3.84. The molecule has 2 N–H and O–H groups in total. The molecule has 1 rings (SSSR count). The van der Waals surface area contributed by atoms with Crippen molar-refractivity contribution in [2.75, 3.05) is 37.4 Å². The first-order valence-corrected chi connectivity index (χ1v) is 6.30. The van der Waals surface area contributed by atoms with Crippen molar-refractivity contribution in [3.8, 4) is 0 Å². The lowest BCUT2D eigenvalue weighted by molar-refractivity contribution is 0.204. The Bertz CT molecular complexity index is 393. The highest BCUT2D eigenvalue weighted by atomic mass is 16.5. The second-order valence-electron chi connectivity index (χ2n) is 4.94. The smallest absolute Gasteiger partial charge is 0.137 e. The molecule has 0 aromatic carbocycles. The minimum atomic E-state index is 0.553. The number of aromatic nitrogens is 2. The van der Waals surface area contributed by atoms with Gasteiger partial charge in [0, 0.05) is 25.8 Å². The zero-order valence-corrected chi connectivity index (χ0v) is 12.0. The van der Waals surface area contributed by atoms with Crippen molar-refractivity contribution in [3.05, 3.63) is 11.4 Å². The standard InChI is InChI=1S/C13H24N4O/c1-9(2)8-17(6-7-18-5)13-10(3)12(14)15-11(4)16-13/h9H,6-8H2,1-5H3,(H2,14,15,16). The van der Waals surface area contributed by atoms with Crippen molar-refractivity contribution in [1.29, 1.82) is 0 Å². The van der Waals surface area contributed by atoms with Crippen molar-refractivity contribution in [2.24, 2.45) is 5.92 Å². The van der Waals surface area contributed by atoms with Crippen LogP contribution in [0.1, 0.15) is 25.2 Å². The fourth-order valence-electron chi connectivity index (χ4n) is 1.87. The van der Waals surface area contributed by atoms with E-state index in [-0.39, 0.29) is 0 Å². The second-order valence-corrected chi connectivity index (χ2v) is 4.94. The molecule has 5 heteroatoms. The zero-order valence-electron chi connectivity index (χ0n) is 12.0. The Balaban J connectivity index is 3.03. The summed E-state index contributed by atoms with van der Waals surface area (Å²) >= 11 is 0. The van der Waals surface area contributed by atoms with Crippen LogP contribution in [-0.4, -0.2) is 36.8 Å². The van der Waals surface area contributed by atoms with Crippen LogP contribution < -0.4 is 10.6 Å². The summed E-state index contributed by atoms with van der Waals surface area (Å²) in [6, 6.07) is 0. The molecule has 0 saturated heterocycles. The maximum atomic E-state index is 5.91. The molecule has 0 aliphatic rings. The molecule has 0 fully saturated rings. The molecule has 0 aliphatic heterocycles. The molecule has 0 unspecified atom stereocenters. The van der Waals surface area contributed by atoms with Gasteiger partial charge >= 0.3 is 0 Å². The monoisotopic (exact) mass is 252 g/mol. The normalized spacial score (nSPS) is 11.0. The van der Waals surface area contributed by atoms with Crippen molar-refractivity contribution in [3.63, 3.8) is 0 Å². The van der Waals surface area contributed by atoms with Crippen LogP contribution in [-0.2, 0) is 4.74 Å². The van der Waals surface area contributed by atoms with Crippen LogP contribution in [0, 0.1) is 19.8 Å². The summed E-state index contributed by atoms with van der Waals surface area (Å²) in [7, 11) is 1.71. The Morgan fingerprint density at radius 3 is 2.50 bits per heavy atom. The first-order valence-electron chi connectivity index (χ1n) is 6.30. The molecule has 18 heavy (non-hydrogen) atoms. The predicted octanol–water partition coefficient (Wildman–Crippen LogP) is 1.78. The fourth-order valence-corrected chi connectivity index (χ4v) is 1.87. The molecule has 0 spiro atoms. The van der Waals surface area contributed by atoms with Gasteiger partial charge in [0.25, 0.3) is 0 Å². The van der Waals surface area contributed by atoms with Crippen molar-refractivity contribution >= 4 is 11.6 Å². The Labute approximate surface area is 109 Å². The fraction of sp³-hybridized carbons (Fsp3) is 0.692. The van der Waals surface area contributed by atoms with Crippen LogP contribution in [0.5, 0.6) is 0 Å². The summed E-state index contributed by atoms with van der Waals surface area (Å²) < 4.78 is 5.16. The third-order valence-corrected chi connectivity index (χ3v) is 2.72. The number of methoxy groups -OCH3 is 1. The van der Waals surface area contributed by atoms with Gasteiger partial charge in [-0.1, -0.05) is 13.8 Å². The van der Waals surface area contributed by atoms with Gasteiger partial charge in [0.05, 0.1) is 6.61 Å². The summed E-state index contributed by atoms with van der Waals surface area (Å²) in [6.45, 7) is 10.6. The third-order valence-electron chi connectivity index (χ3n) is 2.72. The van der Waals surface area contributed by atoms with Gasteiger partial charge in [-0.15, -0.1) is 0 Å². The lowest BCUT2D eigenvalue weighted by Gasteiger charge is -2.27. The number of aryl methyl sites for hydroxylation is 1. The predicted molar refractivity (Wildman–Crippen MR) is 74.8 cm³/mol. The Kier molecular flexibility index (Phi) is 5.34. The van der Waals surface area contributed by atoms with E-state index in [0.29, 0.717) is 24.2 Å². The van der Waals surface area contributed by atoms with Crippen molar-refractivity contribution in [1.82, 2.24) is 9.97 Å². The van der Waals surface area contributed by atoms with Gasteiger partial charge in [0.2, 0.25) is 0 Å². The number of hydrogen-bond donors (Lipinski definition) is 1. The van der Waals surface area contributed by atoms with Gasteiger partial charge in [0.1, 0.15) is 17.5 Å². The molecule has 5 nitrogen and oxygen atoms in total.